The molecular formula is C9H11. The number of fused-ring (bicyclic) bond motifs is 1. The lowest BCUT2D eigenvalue weighted by molar-refractivity contribution is 0.733. The molecule has 0 bridgehead atoms. The molecule has 0 aliphatic heterocycles. The summed E-state index contributed by atoms with van der Waals surface area (Å²) in [7, 11) is 0. The monoisotopic (exact) mass is 119 g/mol. The lowest BCUT2D eigenvalue weighted by atomic mass is 10.0. The molecule has 0 spiro atoms. The van der Waals surface area contributed by atoms with Crippen LogP contribution in [0.1, 0.15) is 20.8 Å². The van der Waals surface area contributed by atoms with Crippen molar-refractivity contribution in [3.63, 3.8) is 0 Å². The first kappa shape index (κ1) is 5.28. The van der Waals surface area contributed by atoms with E-state index < -0.39 is 0 Å². The van der Waals surface area contributed by atoms with Crippen LogP contribution in [0.25, 0.3) is 0 Å². The van der Waals surface area contributed by atoms with Gasteiger partial charge in [0.25, 0.3) is 0 Å². The predicted octanol–water partition coefficient (Wildman–Crippen LogP) is 2.49. The number of allylic oxidation sites excluding steroid dienone is 4. The Balaban J connectivity index is 2.39. The van der Waals surface area contributed by atoms with E-state index >= 15 is 0 Å². The molecule has 0 unspecified atom stereocenters. The number of hydrogen-bond acceptors (Lipinski definition) is 0. The third kappa shape index (κ3) is 0.487. The lowest BCUT2D eigenvalue weighted by Crippen LogP contribution is -1.87. The van der Waals surface area contributed by atoms with Crippen molar-refractivity contribution in [2.24, 2.45) is 5.41 Å². The number of hydrogen-bond donors (Lipinski definition) is 0. The third-order valence-corrected chi connectivity index (χ3v) is 2.32. The highest BCUT2D eigenvalue weighted by Crippen LogP contribution is 2.61. The molecule has 0 aromatic heterocycles. The molecule has 0 N–H and O–H groups in total. The van der Waals surface area contributed by atoms with Gasteiger partial charge in [0, 0.05) is 11.3 Å². The van der Waals surface area contributed by atoms with Gasteiger partial charge in [-0.3, -0.25) is 0 Å². The van der Waals surface area contributed by atoms with Crippen LogP contribution in [0.15, 0.2) is 23.3 Å². The second-order valence-corrected chi connectivity index (χ2v) is 3.49. The van der Waals surface area contributed by atoms with E-state index in [1.165, 1.54) is 5.92 Å². The van der Waals surface area contributed by atoms with Gasteiger partial charge in [0.2, 0.25) is 0 Å². The molecule has 0 aromatic rings. The molecule has 47 valence electrons. The molecule has 0 nitrogen and oxygen atoms in total. The van der Waals surface area contributed by atoms with E-state index in [2.05, 4.69) is 32.9 Å². The molecule has 0 aromatic carbocycles. The molecule has 1 saturated carbocycles. The molecule has 0 heteroatoms. The summed E-state index contributed by atoms with van der Waals surface area (Å²) in [5.74, 6) is 1.42. The largest absolute Gasteiger partial charge is 0.0692 e. The standard InChI is InChI=1S/C9H11/c1-6-4-7-8(5-6)9(7,2)3/h4-5H,1-3H3. The Morgan fingerprint density at radius 3 is 1.89 bits per heavy atom. The van der Waals surface area contributed by atoms with Gasteiger partial charge in [-0.05, 0) is 11.1 Å². The first-order valence-electron chi connectivity index (χ1n) is 3.40. The summed E-state index contributed by atoms with van der Waals surface area (Å²) in [6, 6.07) is 0. The SMILES string of the molecule is C[C]1C=C2C(=C1)C2(C)C. The molecule has 2 aliphatic rings. The van der Waals surface area contributed by atoms with E-state index in [1.54, 1.807) is 11.1 Å². The molecule has 0 saturated heterocycles. The maximum Gasteiger partial charge on any atom is 0.0168 e. The summed E-state index contributed by atoms with van der Waals surface area (Å²) >= 11 is 0. The normalized spacial score (nSPS) is 29.2. The summed E-state index contributed by atoms with van der Waals surface area (Å²) in [5, 5.41) is 0. The molecule has 2 aliphatic carbocycles. The van der Waals surface area contributed by atoms with Crippen LogP contribution in [-0.2, 0) is 0 Å². The van der Waals surface area contributed by atoms with Crippen LogP contribution in [0, 0.1) is 11.3 Å². The van der Waals surface area contributed by atoms with Crippen molar-refractivity contribution in [2.45, 2.75) is 20.8 Å². The van der Waals surface area contributed by atoms with Gasteiger partial charge in [-0.15, -0.1) is 0 Å². The fourth-order valence-electron chi connectivity index (χ4n) is 1.54. The maximum absolute atomic E-state index is 2.29. The average Bonchev–Trinajstić information content (AvgIpc) is 2.27. The Morgan fingerprint density at radius 1 is 1.11 bits per heavy atom. The second kappa shape index (κ2) is 1.16. The minimum Gasteiger partial charge on any atom is -0.0692 e. The van der Waals surface area contributed by atoms with Gasteiger partial charge in [-0.1, -0.05) is 32.9 Å². The van der Waals surface area contributed by atoms with Crippen molar-refractivity contribution in [3.05, 3.63) is 29.2 Å². The van der Waals surface area contributed by atoms with Gasteiger partial charge in [0.05, 0.1) is 0 Å². The topological polar surface area (TPSA) is 0 Å². The van der Waals surface area contributed by atoms with E-state index in [1.807, 2.05) is 0 Å². The van der Waals surface area contributed by atoms with E-state index in [4.69, 9.17) is 0 Å². The molecule has 0 atom stereocenters. The highest BCUT2D eigenvalue weighted by atomic mass is 14.5. The third-order valence-electron chi connectivity index (χ3n) is 2.32. The Morgan fingerprint density at radius 2 is 1.56 bits per heavy atom. The quantitative estimate of drug-likeness (QED) is 0.459. The smallest absolute Gasteiger partial charge is 0.0168 e. The van der Waals surface area contributed by atoms with Gasteiger partial charge < -0.3 is 0 Å². The van der Waals surface area contributed by atoms with Crippen LogP contribution in [-0.4, -0.2) is 0 Å². The number of rotatable bonds is 0. The van der Waals surface area contributed by atoms with Crippen LogP contribution in [0.4, 0.5) is 0 Å². The molecule has 0 amide bonds. The molecule has 2 rings (SSSR count). The van der Waals surface area contributed by atoms with Crippen LogP contribution >= 0.6 is 0 Å². The first-order valence-corrected chi connectivity index (χ1v) is 3.40. The summed E-state index contributed by atoms with van der Waals surface area (Å²) < 4.78 is 0. The van der Waals surface area contributed by atoms with Gasteiger partial charge >= 0.3 is 0 Å². The van der Waals surface area contributed by atoms with Crippen molar-refractivity contribution < 1.29 is 0 Å². The van der Waals surface area contributed by atoms with E-state index in [0.29, 0.717) is 5.41 Å². The first-order chi connectivity index (χ1) is 4.12. The van der Waals surface area contributed by atoms with Crippen molar-refractivity contribution in [1.82, 2.24) is 0 Å². The van der Waals surface area contributed by atoms with Crippen LogP contribution in [0.2, 0.25) is 0 Å². The van der Waals surface area contributed by atoms with Crippen molar-refractivity contribution in [2.75, 3.05) is 0 Å². The Kier molecular flexibility index (Phi) is 0.678. The zero-order valence-corrected chi connectivity index (χ0v) is 6.15. The summed E-state index contributed by atoms with van der Waals surface area (Å²) in [6.07, 6.45) is 4.57. The van der Waals surface area contributed by atoms with Gasteiger partial charge in [0.1, 0.15) is 0 Å². The molecular weight excluding hydrogens is 108 g/mol. The molecule has 1 fully saturated rings. The highest BCUT2D eigenvalue weighted by Gasteiger charge is 2.48. The minimum atomic E-state index is 0.444. The fourth-order valence-corrected chi connectivity index (χ4v) is 1.54. The Labute approximate surface area is 56.3 Å². The molecule has 9 heavy (non-hydrogen) atoms. The van der Waals surface area contributed by atoms with Gasteiger partial charge in [-0.2, -0.15) is 0 Å². The lowest BCUT2D eigenvalue weighted by Gasteiger charge is -1.98. The minimum absolute atomic E-state index is 0.444. The fraction of sp³-hybridized carbons (Fsp3) is 0.444. The molecule has 1 radical (unpaired) electrons. The van der Waals surface area contributed by atoms with Crippen molar-refractivity contribution in [3.8, 4) is 0 Å². The van der Waals surface area contributed by atoms with Crippen LogP contribution in [0.5, 0.6) is 0 Å². The summed E-state index contributed by atoms with van der Waals surface area (Å²) in [6.45, 7) is 6.70. The van der Waals surface area contributed by atoms with Gasteiger partial charge in [-0.25, -0.2) is 0 Å². The van der Waals surface area contributed by atoms with Crippen LogP contribution in [0.3, 0.4) is 0 Å². The van der Waals surface area contributed by atoms with E-state index in [-0.39, 0.29) is 0 Å². The summed E-state index contributed by atoms with van der Waals surface area (Å²) in [4.78, 5) is 0. The molecule has 0 heterocycles. The zero-order chi connectivity index (χ0) is 6.65. The maximum atomic E-state index is 2.29. The highest BCUT2D eigenvalue weighted by molar-refractivity contribution is 5.69. The average molecular weight is 119 g/mol. The Bertz CT molecular complexity index is 194. The van der Waals surface area contributed by atoms with Crippen LogP contribution < -0.4 is 0 Å². The van der Waals surface area contributed by atoms with E-state index in [9.17, 15) is 0 Å². The van der Waals surface area contributed by atoms with Crippen molar-refractivity contribution in [1.29, 1.82) is 0 Å². The van der Waals surface area contributed by atoms with Crippen molar-refractivity contribution >= 4 is 0 Å². The Hall–Kier alpha value is -0.520. The summed E-state index contributed by atoms with van der Waals surface area (Å²) in [5.41, 5.74) is 3.56. The predicted molar refractivity (Wildman–Crippen MR) is 38.9 cm³/mol. The van der Waals surface area contributed by atoms with E-state index in [0.717, 1.165) is 0 Å². The zero-order valence-electron chi connectivity index (χ0n) is 6.15. The second-order valence-electron chi connectivity index (χ2n) is 3.49. The van der Waals surface area contributed by atoms with Gasteiger partial charge in [0.15, 0.2) is 0 Å².